The minimum atomic E-state index is -0.459. The Bertz CT molecular complexity index is 1000. The molecule has 1 fully saturated rings. The van der Waals surface area contributed by atoms with E-state index in [2.05, 4.69) is 15.5 Å². The van der Waals surface area contributed by atoms with Gasteiger partial charge in [0.1, 0.15) is 5.75 Å². The second-order valence-electron chi connectivity index (χ2n) is 6.87. The van der Waals surface area contributed by atoms with Crippen molar-refractivity contribution in [3.8, 4) is 5.75 Å². The van der Waals surface area contributed by atoms with E-state index in [1.165, 1.54) is 13.2 Å². The minimum Gasteiger partial charge on any atom is -0.497 e. The zero-order valence-electron chi connectivity index (χ0n) is 17.9. The third-order valence-electron chi connectivity index (χ3n) is 4.80. The van der Waals surface area contributed by atoms with Crippen LogP contribution in [0.4, 0.5) is 11.4 Å². The first-order chi connectivity index (χ1) is 15.5. The fourth-order valence-corrected chi connectivity index (χ4v) is 3.37. The number of amides is 1. The van der Waals surface area contributed by atoms with Crippen LogP contribution in [-0.2, 0) is 14.3 Å². The van der Waals surface area contributed by atoms with Crippen molar-refractivity contribution in [3.05, 3.63) is 59.7 Å². The Balaban J connectivity index is 1.69. The number of carbonyl (C=O) groups excluding carboxylic acids is 2. The highest BCUT2D eigenvalue weighted by Crippen LogP contribution is 2.28. The van der Waals surface area contributed by atoms with Crippen molar-refractivity contribution in [2.75, 3.05) is 50.7 Å². The molecule has 3 rings (SSSR count). The van der Waals surface area contributed by atoms with Gasteiger partial charge in [0.05, 0.1) is 44.4 Å². The van der Waals surface area contributed by atoms with Crippen molar-refractivity contribution in [1.82, 2.24) is 5.32 Å². The van der Waals surface area contributed by atoms with Crippen LogP contribution in [0.3, 0.4) is 0 Å². The molecule has 0 saturated carbocycles. The molecule has 2 N–H and O–H groups in total. The summed E-state index contributed by atoms with van der Waals surface area (Å²) in [6.45, 7) is 2.62. The monoisotopic (exact) mass is 455 g/mol. The Kier molecular flexibility index (Phi) is 8.18. The van der Waals surface area contributed by atoms with Crippen LogP contribution in [0.1, 0.15) is 15.9 Å². The molecule has 0 aromatic heterocycles. The minimum absolute atomic E-state index is 0.117. The highest BCUT2D eigenvalue weighted by molar-refractivity contribution is 7.80. The fourth-order valence-electron chi connectivity index (χ4n) is 3.16. The molecule has 0 atom stereocenters. The number of thiocarbonyl (C=S) groups is 1. The molecule has 2 aromatic rings. The Morgan fingerprint density at radius 3 is 2.47 bits per heavy atom. The predicted molar refractivity (Wildman–Crippen MR) is 127 cm³/mol. The van der Waals surface area contributed by atoms with Gasteiger partial charge in [-0.15, -0.1) is 0 Å². The van der Waals surface area contributed by atoms with Gasteiger partial charge in [0.15, 0.2) is 5.11 Å². The molecule has 1 aliphatic rings. The molecule has 9 heteroatoms. The maximum Gasteiger partial charge on any atom is 0.337 e. The van der Waals surface area contributed by atoms with Crippen molar-refractivity contribution < 1.29 is 23.8 Å². The predicted octanol–water partition coefficient (Wildman–Crippen LogP) is 2.84. The molecule has 0 bridgehead atoms. The molecule has 32 heavy (non-hydrogen) atoms. The molecule has 1 saturated heterocycles. The summed E-state index contributed by atoms with van der Waals surface area (Å²) in [6.07, 6.45) is 3.07. The SMILES string of the molecule is COC(=O)c1ccc(N2CCOCC2)c(NC(=S)NC(=O)/C=C/c2ccc(OC)cc2)c1. The van der Waals surface area contributed by atoms with Gasteiger partial charge in [-0.3, -0.25) is 10.1 Å². The number of esters is 1. The Hall–Kier alpha value is -3.43. The standard InChI is InChI=1S/C23H25N3O5S/c1-29-18-7-3-16(4-8-18)5-10-21(27)25-23(32)24-19-15-17(22(28)30-2)6-9-20(19)26-11-13-31-14-12-26/h3-10,15H,11-14H2,1-2H3,(H2,24,25,27,32)/b10-5+. The van der Waals surface area contributed by atoms with E-state index < -0.39 is 5.97 Å². The van der Waals surface area contributed by atoms with Crippen molar-refractivity contribution in [2.45, 2.75) is 0 Å². The van der Waals surface area contributed by atoms with Crippen LogP contribution in [-0.4, -0.2) is 57.5 Å². The molecule has 2 aromatic carbocycles. The molecule has 1 aliphatic heterocycles. The van der Waals surface area contributed by atoms with Crippen LogP contribution >= 0.6 is 12.2 Å². The largest absolute Gasteiger partial charge is 0.497 e. The lowest BCUT2D eigenvalue weighted by molar-refractivity contribution is -0.115. The maximum absolute atomic E-state index is 12.3. The van der Waals surface area contributed by atoms with Gasteiger partial charge in [0.2, 0.25) is 5.91 Å². The van der Waals surface area contributed by atoms with Gasteiger partial charge in [-0.25, -0.2) is 4.79 Å². The van der Waals surface area contributed by atoms with E-state index in [9.17, 15) is 9.59 Å². The number of anilines is 2. The molecule has 1 amide bonds. The molecular weight excluding hydrogens is 430 g/mol. The normalized spacial score (nSPS) is 13.5. The van der Waals surface area contributed by atoms with Crippen molar-refractivity contribution in [2.24, 2.45) is 0 Å². The lowest BCUT2D eigenvalue weighted by atomic mass is 10.1. The van der Waals surface area contributed by atoms with Crippen molar-refractivity contribution in [3.63, 3.8) is 0 Å². The molecular formula is C23H25N3O5S. The number of ether oxygens (including phenoxy) is 3. The van der Waals surface area contributed by atoms with Crippen LogP contribution in [0.2, 0.25) is 0 Å². The average molecular weight is 456 g/mol. The lowest BCUT2D eigenvalue weighted by Crippen LogP contribution is -2.38. The summed E-state index contributed by atoms with van der Waals surface area (Å²) >= 11 is 5.32. The highest BCUT2D eigenvalue weighted by Gasteiger charge is 2.18. The zero-order chi connectivity index (χ0) is 22.9. The van der Waals surface area contributed by atoms with Crippen LogP contribution in [0.25, 0.3) is 6.08 Å². The topological polar surface area (TPSA) is 89.1 Å². The second-order valence-corrected chi connectivity index (χ2v) is 7.28. The van der Waals surface area contributed by atoms with Crippen LogP contribution in [0.5, 0.6) is 5.75 Å². The second kappa shape index (κ2) is 11.3. The fraction of sp³-hybridized carbons (Fsp3) is 0.261. The number of nitrogens with zero attached hydrogens (tertiary/aromatic N) is 1. The van der Waals surface area contributed by atoms with Gasteiger partial charge >= 0.3 is 5.97 Å². The summed E-state index contributed by atoms with van der Waals surface area (Å²) in [5, 5.41) is 5.77. The first kappa shape index (κ1) is 23.2. The number of methoxy groups -OCH3 is 2. The molecule has 168 valence electrons. The molecule has 0 aliphatic carbocycles. The van der Waals surface area contributed by atoms with E-state index in [1.807, 2.05) is 30.3 Å². The van der Waals surface area contributed by atoms with Crippen LogP contribution < -0.4 is 20.3 Å². The number of morpholine rings is 1. The number of carbonyl (C=O) groups is 2. The summed E-state index contributed by atoms with van der Waals surface area (Å²) in [4.78, 5) is 26.4. The van der Waals surface area contributed by atoms with Gasteiger partial charge in [0, 0.05) is 19.2 Å². The Morgan fingerprint density at radius 1 is 1.09 bits per heavy atom. The van der Waals surface area contributed by atoms with Crippen molar-refractivity contribution in [1.29, 1.82) is 0 Å². The van der Waals surface area contributed by atoms with Crippen LogP contribution in [0, 0.1) is 0 Å². The molecule has 0 unspecified atom stereocenters. The number of nitrogens with one attached hydrogen (secondary N) is 2. The molecule has 0 spiro atoms. The summed E-state index contributed by atoms with van der Waals surface area (Å²) in [5.41, 5.74) is 2.67. The van der Waals surface area contributed by atoms with E-state index in [0.29, 0.717) is 37.6 Å². The third-order valence-corrected chi connectivity index (χ3v) is 5.00. The van der Waals surface area contributed by atoms with E-state index >= 15 is 0 Å². The summed E-state index contributed by atoms with van der Waals surface area (Å²) in [5.74, 6) is -0.100. The van der Waals surface area contributed by atoms with Gasteiger partial charge in [-0.2, -0.15) is 0 Å². The number of rotatable bonds is 6. The number of benzene rings is 2. The van der Waals surface area contributed by atoms with E-state index in [0.717, 1.165) is 17.0 Å². The first-order valence-electron chi connectivity index (χ1n) is 9.99. The van der Waals surface area contributed by atoms with Gasteiger partial charge in [-0.05, 0) is 54.2 Å². The van der Waals surface area contributed by atoms with Crippen molar-refractivity contribution >= 4 is 46.7 Å². The lowest BCUT2D eigenvalue weighted by Gasteiger charge is -2.31. The van der Waals surface area contributed by atoms with E-state index in [-0.39, 0.29) is 11.0 Å². The third kappa shape index (κ3) is 6.29. The summed E-state index contributed by atoms with van der Waals surface area (Å²) in [6, 6.07) is 12.5. The Morgan fingerprint density at radius 2 is 1.81 bits per heavy atom. The van der Waals surface area contributed by atoms with Gasteiger partial charge < -0.3 is 24.4 Å². The van der Waals surface area contributed by atoms with E-state index in [1.54, 1.807) is 25.3 Å². The highest BCUT2D eigenvalue weighted by atomic mass is 32.1. The number of hydrogen-bond donors (Lipinski definition) is 2. The van der Waals surface area contributed by atoms with E-state index in [4.69, 9.17) is 26.4 Å². The van der Waals surface area contributed by atoms with Gasteiger partial charge in [-0.1, -0.05) is 12.1 Å². The smallest absolute Gasteiger partial charge is 0.337 e. The van der Waals surface area contributed by atoms with Gasteiger partial charge in [0.25, 0.3) is 0 Å². The summed E-state index contributed by atoms with van der Waals surface area (Å²) in [7, 11) is 2.92. The first-order valence-corrected chi connectivity index (χ1v) is 10.4. The Labute approximate surface area is 192 Å². The molecule has 0 radical (unpaired) electrons. The average Bonchev–Trinajstić information content (AvgIpc) is 2.83. The van der Waals surface area contributed by atoms with Crippen LogP contribution in [0.15, 0.2) is 48.5 Å². The zero-order valence-corrected chi connectivity index (χ0v) is 18.7. The molecule has 1 heterocycles. The molecule has 8 nitrogen and oxygen atoms in total. The maximum atomic E-state index is 12.3. The number of hydrogen-bond acceptors (Lipinski definition) is 7. The summed E-state index contributed by atoms with van der Waals surface area (Å²) < 4.78 is 15.4. The quantitative estimate of drug-likeness (QED) is 0.391.